The minimum absolute atomic E-state index is 0.0334. The van der Waals surface area contributed by atoms with Crippen LogP contribution in [0.3, 0.4) is 0 Å². The van der Waals surface area contributed by atoms with Gasteiger partial charge in [0.25, 0.3) is 5.91 Å². The zero-order valence-corrected chi connectivity index (χ0v) is 9.79. The van der Waals surface area contributed by atoms with Gasteiger partial charge in [-0.25, -0.2) is 0 Å². The summed E-state index contributed by atoms with van der Waals surface area (Å²) in [6, 6.07) is 4.50. The first-order chi connectivity index (χ1) is 7.54. The Morgan fingerprint density at radius 3 is 2.69 bits per heavy atom. The van der Waals surface area contributed by atoms with Crippen LogP contribution in [0.5, 0.6) is 0 Å². The van der Waals surface area contributed by atoms with Crippen molar-refractivity contribution >= 4 is 29.1 Å². The van der Waals surface area contributed by atoms with Gasteiger partial charge in [0, 0.05) is 11.6 Å². The van der Waals surface area contributed by atoms with Gasteiger partial charge >= 0.3 is 0 Å². The Hall–Kier alpha value is -0.810. The van der Waals surface area contributed by atoms with E-state index in [-0.39, 0.29) is 17.1 Å². The SMILES string of the molecule is O=C(NCC(O)CO)c1ccc(Cl)cc1Cl. The van der Waals surface area contributed by atoms with Crippen LogP contribution >= 0.6 is 23.2 Å². The molecule has 3 N–H and O–H groups in total. The van der Waals surface area contributed by atoms with E-state index in [0.717, 1.165) is 0 Å². The third kappa shape index (κ3) is 3.64. The van der Waals surface area contributed by atoms with Crippen molar-refractivity contribution in [3.05, 3.63) is 33.8 Å². The van der Waals surface area contributed by atoms with Gasteiger partial charge in [0.2, 0.25) is 0 Å². The summed E-state index contributed by atoms with van der Waals surface area (Å²) in [5, 5.41) is 20.7. The number of aliphatic hydroxyl groups is 2. The summed E-state index contributed by atoms with van der Waals surface area (Å²) in [5.74, 6) is -0.422. The third-order valence-corrected chi connectivity index (χ3v) is 2.43. The summed E-state index contributed by atoms with van der Waals surface area (Å²) < 4.78 is 0. The fourth-order valence-electron chi connectivity index (χ4n) is 1.04. The minimum atomic E-state index is -0.977. The first-order valence-corrected chi connectivity index (χ1v) is 5.32. The second-order valence-electron chi connectivity index (χ2n) is 3.17. The standard InChI is InChI=1S/C10H11Cl2NO3/c11-6-1-2-8(9(12)3-6)10(16)13-4-7(15)5-14/h1-3,7,14-15H,4-5H2,(H,13,16). The molecule has 4 nitrogen and oxygen atoms in total. The zero-order chi connectivity index (χ0) is 12.1. The summed E-state index contributed by atoms with van der Waals surface area (Å²) >= 11 is 11.5. The van der Waals surface area contributed by atoms with E-state index in [1.54, 1.807) is 6.07 Å². The molecule has 0 aliphatic heterocycles. The summed E-state index contributed by atoms with van der Waals surface area (Å²) in [6.07, 6.45) is -0.977. The van der Waals surface area contributed by atoms with E-state index >= 15 is 0 Å². The molecule has 0 spiro atoms. The zero-order valence-electron chi connectivity index (χ0n) is 8.28. The monoisotopic (exact) mass is 263 g/mol. The molecule has 1 aromatic carbocycles. The van der Waals surface area contributed by atoms with Crippen LogP contribution in [-0.4, -0.2) is 35.4 Å². The van der Waals surface area contributed by atoms with Crippen molar-refractivity contribution in [2.75, 3.05) is 13.2 Å². The molecule has 0 heterocycles. The van der Waals surface area contributed by atoms with Crippen molar-refractivity contribution in [3.8, 4) is 0 Å². The Morgan fingerprint density at radius 1 is 1.44 bits per heavy atom. The normalized spacial score (nSPS) is 12.2. The predicted molar refractivity (Wildman–Crippen MR) is 61.9 cm³/mol. The largest absolute Gasteiger partial charge is 0.394 e. The molecule has 0 bridgehead atoms. The van der Waals surface area contributed by atoms with Crippen LogP contribution in [0.25, 0.3) is 0 Å². The number of carbonyl (C=O) groups is 1. The topological polar surface area (TPSA) is 69.6 Å². The Kier molecular flexibility index (Phi) is 5.02. The lowest BCUT2D eigenvalue weighted by Crippen LogP contribution is -2.34. The van der Waals surface area contributed by atoms with Crippen molar-refractivity contribution < 1.29 is 15.0 Å². The van der Waals surface area contributed by atoms with E-state index in [2.05, 4.69) is 5.32 Å². The quantitative estimate of drug-likeness (QED) is 0.762. The maximum Gasteiger partial charge on any atom is 0.252 e. The van der Waals surface area contributed by atoms with Crippen LogP contribution in [0.1, 0.15) is 10.4 Å². The highest BCUT2D eigenvalue weighted by atomic mass is 35.5. The maximum absolute atomic E-state index is 11.6. The van der Waals surface area contributed by atoms with Crippen LogP contribution in [0, 0.1) is 0 Å². The molecule has 16 heavy (non-hydrogen) atoms. The lowest BCUT2D eigenvalue weighted by molar-refractivity contribution is 0.0802. The van der Waals surface area contributed by atoms with Crippen LogP contribution in [0.4, 0.5) is 0 Å². The first-order valence-electron chi connectivity index (χ1n) is 4.56. The van der Waals surface area contributed by atoms with Gasteiger partial charge in [0.1, 0.15) is 0 Å². The smallest absolute Gasteiger partial charge is 0.252 e. The molecule has 1 aromatic rings. The maximum atomic E-state index is 11.6. The van der Waals surface area contributed by atoms with Crippen molar-refractivity contribution in [1.29, 1.82) is 0 Å². The molecule has 0 saturated heterocycles. The Balaban J connectivity index is 2.66. The van der Waals surface area contributed by atoms with Crippen molar-refractivity contribution in [2.45, 2.75) is 6.10 Å². The fourth-order valence-corrected chi connectivity index (χ4v) is 1.54. The molecule has 0 fully saturated rings. The van der Waals surface area contributed by atoms with Gasteiger partial charge in [-0.1, -0.05) is 23.2 Å². The third-order valence-electron chi connectivity index (χ3n) is 1.88. The number of benzene rings is 1. The molecule has 0 aliphatic carbocycles. The average molecular weight is 264 g/mol. The predicted octanol–water partition coefficient (Wildman–Crippen LogP) is 1.08. The van der Waals surface area contributed by atoms with E-state index in [1.165, 1.54) is 12.1 Å². The van der Waals surface area contributed by atoms with Crippen LogP contribution < -0.4 is 5.32 Å². The lowest BCUT2D eigenvalue weighted by Gasteiger charge is -2.09. The van der Waals surface area contributed by atoms with Gasteiger partial charge in [0.05, 0.1) is 23.3 Å². The number of carbonyl (C=O) groups excluding carboxylic acids is 1. The molecule has 1 unspecified atom stereocenters. The molecule has 1 rings (SSSR count). The number of amides is 1. The number of nitrogens with one attached hydrogen (secondary N) is 1. The Morgan fingerprint density at radius 2 is 2.12 bits per heavy atom. The number of hydrogen-bond donors (Lipinski definition) is 3. The molecule has 0 saturated carbocycles. The summed E-state index contributed by atoms with van der Waals surface area (Å²) in [4.78, 5) is 11.6. The fraction of sp³-hybridized carbons (Fsp3) is 0.300. The van der Waals surface area contributed by atoms with Gasteiger partial charge in [-0.15, -0.1) is 0 Å². The summed E-state index contributed by atoms with van der Waals surface area (Å²) in [5.41, 5.74) is 0.274. The van der Waals surface area contributed by atoms with Gasteiger partial charge in [-0.05, 0) is 18.2 Å². The van der Waals surface area contributed by atoms with Crippen molar-refractivity contribution in [3.63, 3.8) is 0 Å². The van der Waals surface area contributed by atoms with E-state index in [9.17, 15) is 4.79 Å². The minimum Gasteiger partial charge on any atom is -0.394 e. The van der Waals surface area contributed by atoms with Gasteiger partial charge in [0.15, 0.2) is 0 Å². The molecule has 1 amide bonds. The van der Waals surface area contributed by atoms with E-state index in [4.69, 9.17) is 33.4 Å². The molecule has 6 heteroatoms. The number of hydrogen-bond acceptors (Lipinski definition) is 3. The molecule has 1 atom stereocenters. The van der Waals surface area contributed by atoms with E-state index < -0.39 is 18.6 Å². The van der Waals surface area contributed by atoms with Gasteiger partial charge < -0.3 is 15.5 Å². The Bertz CT molecular complexity index is 384. The molecule has 0 radical (unpaired) electrons. The lowest BCUT2D eigenvalue weighted by atomic mass is 10.2. The number of halogens is 2. The van der Waals surface area contributed by atoms with Crippen LogP contribution in [0.2, 0.25) is 10.0 Å². The second kappa shape index (κ2) is 6.06. The molecular weight excluding hydrogens is 253 g/mol. The van der Waals surface area contributed by atoms with Crippen molar-refractivity contribution in [2.24, 2.45) is 0 Å². The van der Waals surface area contributed by atoms with Crippen molar-refractivity contribution in [1.82, 2.24) is 5.32 Å². The van der Waals surface area contributed by atoms with Gasteiger partial charge in [-0.2, -0.15) is 0 Å². The van der Waals surface area contributed by atoms with E-state index in [1.807, 2.05) is 0 Å². The highest BCUT2D eigenvalue weighted by Crippen LogP contribution is 2.20. The average Bonchev–Trinajstić information content (AvgIpc) is 2.25. The second-order valence-corrected chi connectivity index (χ2v) is 4.01. The van der Waals surface area contributed by atoms with Crippen LogP contribution in [0.15, 0.2) is 18.2 Å². The van der Waals surface area contributed by atoms with E-state index in [0.29, 0.717) is 5.02 Å². The summed E-state index contributed by atoms with van der Waals surface area (Å²) in [7, 11) is 0. The molecular formula is C10H11Cl2NO3. The highest BCUT2D eigenvalue weighted by molar-refractivity contribution is 6.36. The van der Waals surface area contributed by atoms with Gasteiger partial charge in [-0.3, -0.25) is 4.79 Å². The highest BCUT2D eigenvalue weighted by Gasteiger charge is 2.11. The molecule has 0 aliphatic rings. The Labute approximate surface area is 103 Å². The van der Waals surface area contributed by atoms with Crippen LogP contribution in [-0.2, 0) is 0 Å². The summed E-state index contributed by atoms with van der Waals surface area (Å²) in [6.45, 7) is -0.442. The number of rotatable bonds is 4. The molecule has 0 aromatic heterocycles. The molecule has 88 valence electrons. The first kappa shape index (κ1) is 13.3. The number of aliphatic hydroxyl groups excluding tert-OH is 2.